The van der Waals surface area contributed by atoms with Crippen molar-refractivity contribution in [2.24, 2.45) is 5.73 Å². The summed E-state index contributed by atoms with van der Waals surface area (Å²) in [6.45, 7) is 0. The van der Waals surface area contributed by atoms with Crippen LogP contribution in [0.15, 0.2) is 48.8 Å². The summed E-state index contributed by atoms with van der Waals surface area (Å²) in [5.41, 5.74) is 6.11. The molecule has 4 N–H and O–H groups in total. The fraction of sp³-hybridized carbons (Fsp3) is 0.111. The van der Waals surface area contributed by atoms with Gasteiger partial charge in [-0.3, -0.25) is 19.7 Å². The van der Waals surface area contributed by atoms with Crippen LogP contribution in [0.2, 0.25) is 5.02 Å². The first-order chi connectivity index (χ1) is 13.0. The molecule has 0 saturated carbocycles. The lowest BCUT2D eigenvalue weighted by molar-refractivity contribution is -0.118. The van der Waals surface area contributed by atoms with Crippen molar-refractivity contribution < 1.29 is 14.0 Å². The smallest absolute Gasteiger partial charge is 0.255 e. The highest BCUT2D eigenvalue weighted by Crippen LogP contribution is 2.24. The van der Waals surface area contributed by atoms with Gasteiger partial charge in [0.15, 0.2) is 5.82 Å². The minimum absolute atomic E-state index is 0.0330. The first kappa shape index (κ1) is 18.5. The van der Waals surface area contributed by atoms with Crippen LogP contribution in [0.5, 0.6) is 0 Å². The molecule has 27 heavy (non-hydrogen) atoms. The molecule has 0 aliphatic carbocycles. The molecule has 0 aliphatic rings. The van der Waals surface area contributed by atoms with Crippen molar-refractivity contribution in [2.45, 2.75) is 12.5 Å². The topological polar surface area (TPSA) is 114 Å². The highest BCUT2D eigenvalue weighted by Gasteiger charge is 2.23. The molecule has 2 heterocycles. The van der Waals surface area contributed by atoms with Crippen molar-refractivity contribution >= 4 is 23.4 Å². The lowest BCUT2D eigenvalue weighted by Crippen LogP contribution is -2.32. The summed E-state index contributed by atoms with van der Waals surface area (Å²) in [6, 6.07) is 8.68. The van der Waals surface area contributed by atoms with Gasteiger partial charge in [0.05, 0.1) is 29.9 Å². The number of nitrogens with one attached hydrogen (secondary N) is 2. The van der Waals surface area contributed by atoms with E-state index in [1.807, 2.05) is 0 Å². The van der Waals surface area contributed by atoms with Crippen LogP contribution < -0.4 is 11.1 Å². The van der Waals surface area contributed by atoms with E-state index in [1.165, 1.54) is 24.5 Å². The highest BCUT2D eigenvalue weighted by atomic mass is 35.5. The Hall–Kier alpha value is -3.26. The molecule has 0 radical (unpaired) electrons. The Bertz CT molecular complexity index is 991. The number of halogens is 2. The first-order valence-electron chi connectivity index (χ1n) is 7.94. The van der Waals surface area contributed by atoms with Crippen LogP contribution in [0, 0.1) is 5.82 Å². The summed E-state index contributed by atoms with van der Waals surface area (Å²) in [7, 11) is 0. The van der Waals surface area contributed by atoms with Crippen LogP contribution in [0.1, 0.15) is 28.4 Å². The van der Waals surface area contributed by atoms with E-state index in [-0.39, 0.29) is 23.4 Å². The van der Waals surface area contributed by atoms with Crippen molar-refractivity contribution in [3.63, 3.8) is 0 Å². The third kappa shape index (κ3) is 4.29. The summed E-state index contributed by atoms with van der Waals surface area (Å²) < 4.78 is 14.0. The van der Waals surface area contributed by atoms with Crippen LogP contribution >= 0.6 is 11.6 Å². The molecule has 7 nitrogen and oxygen atoms in total. The molecule has 3 aromatic rings. The SMILES string of the molecule is NC(=O)C[C@@H](NC(=O)c1cn[nH]c1-c1ncccc1F)c1cccc(Cl)c1. The van der Waals surface area contributed by atoms with Gasteiger partial charge >= 0.3 is 0 Å². The number of benzene rings is 1. The second-order valence-corrected chi connectivity index (χ2v) is 6.18. The second-order valence-electron chi connectivity index (χ2n) is 5.74. The zero-order valence-corrected chi connectivity index (χ0v) is 14.7. The molecule has 138 valence electrons. The molecule has 0 saturated heterocycles. The molecule has 3 rings (SSSR count). The van der Waals surface area contributed by atoms with Crippen LogP contribution in [0.25, 0.3) is 11.4 Å². The number of pyridine rings is 1. The number of hydrogen-bond acceptors (Lipinski definition) is 4. The van der Waals surface area contributed by atoms with E-state index in [1.54, 1.807) is 24.3 Å². The molecule has 9 heteroatoms. The van der Waals surface area contributed by atoms with Crippen molar-refractivity contribution in [3.8, 4) is 11.4 Å². The quantitative estimate of drug-likeness (QED) is 0.603. The lowest BCUT2D eigenvalue weighted by Gasteiger charge is -2.18. The number of hydrogen-bond donors (Lipinski definition) is 3. The normalized spacial score (nSPS) is 11.8. The van der Waals surface area contributed by atoms with E-state index in [9.17, 15) is 14.0 Å². The molecule has 0 spiro atoms. The van der Waals surface area contributed by atoms with E-state index in [0.717, 1.165) is 0 Å². The van der Waals surface area contributed by atoms with Gasteiger partial charge in [-0.15, -0.1) is 0 Å². The zero-order chi connectivity index (χ0) is 19.4. The maximum atomic E-state index is 14.0. The van der Waals surface area contributed by atoms with Crippen LogP contribution in [-0.4, -0.2) is 27.0 Å². The molecular formula is C18H15ClFN5O2. The number of primary amides is 1. The zero-order valence-electron chi connectivity index (χ0n) is 13.9. The Morgan fingerprint density at radius 2 is 2.11 bits per heavy atom. The third-order valence-electron chi connectivity index (χ3n) is 3.84. The van der Waals surface area contributed by atoms with Crippen LogP contribution in [0.3, 0.4) is 0 Å². The fourth-order valence-corrected chi connectivity index (χ4v) is 2.82. The van der Waals surface area contributed by atoms with Crippen molar-refractivity contribution in [1.29, 1.82) is 0 Å². The summed E-state index contributed by atoms with van der Waals surface area (Å²) in [4.78, 5) is 28.1. The molecule has 0 bridgehead atoms. The number of amides is 2. The standard InChI is InChI=1S/C18H15ClFN5O2/c19-11-4-1-3-10(7-11)14(8-15(21)26)24-18(27)12-9-23-25-16(12)17-13(20)5-2-6-22-17/h1-7,9,14H,8H2,(H2,21,26)(H,23,25)(H,24,27)/t14-/m1/s1. The third-order valence-corrected chi connectivity index (χ3v) is 4.08. The summed E-state index contributed by atoms with van der Waals surface area (Å²) in [5.74, 6) is -1.75. The molecule has 1 atom stereocenters. The second kappa shape index (κ2) is 7.96. The Balaban J connectivity index is 1.90. The van der Waals surface area contributed by atoms with Gasteiger partial charge in [0, 0.05) is 11.2 Å². The number of nitrogens with two attached hydrogens (primary N) is 1. The largest absolute Gasteiger partial charge is 0.370 e. The number of aromatic nitrogens is 3. The van der Waals surface area contributed by atoms with E-state index < -0.39 is 23.7 Å². The van der Waals surface area contributed by atoms with Gasteiger partial charge in [0.1, 0.15) is 5.69 Å². The minimum Gasteiger partial charge on any atom is -0.370 e. The maximum Gasteiger partial charge on any atom is 0.255 e. The van der Waals surface area contributed by atoms with Crippen LogP contribution in [-0.2, 0) is 4.79 Å². The van der Waals surface area contributed by atoms with Crippen molar-refractivity contribution in [2.75, 3.05) is 0 Å². The van der Waals surface area contributed by atoms with E-state index in [2.05, 4.69) is 20.5 Å². The number of aromatic amines is 1. The Morgan fingerprint density at radius 1 is 1.30 bits per heavy atom. The Labute approximate surface area is 158 Å². The summed E-state index contributed by atoms with van der Waals surface area (Å²) in [5, 5.41) is 9.56. The number of H-pyrrole nitrogens is 1. The van der Waals surface area contributed by atoms with Gasteiger partial charge < -0.3 is 11.1 Å². The van der Waals surface area contributed by atoms with Crippen molar-refractivity contribution in [3.05, 3.63) is 70.8 Å². The molecule has 0 fully saturated rings. The molecular weight excluding hydrogens is 373 g/mol. The summed E-state index contributed by atoms with van der Waals surface area (Å²) in [6.07, 6.45) is 2.54. The van der Waals surface area contributed by atoms with E-state index in [4.69, 9.17) is 17.3 Å². The average molecular weight is 388 g/mol. The van der Waals surface area contributed by atoms with Gasteiger partial charge in [-0.05, 0) is 29.8 Å². The Kier molecular flexibility index (Phi) is 5.46. The monoisotopic (exact) mass is 387 g/mol. The number of nitrogens with zero attached hydrogens (tertiary/aromatic N) is 2. The van der Waals surface area contributed by atoms with Gasteiger partial charge in [0.25, 0.3) is 5.91 Å². The van der Waals surface area contributed by atoms with Crippen LogP contribution in [0.4, 0.5) is 4.39 Å². The minimum atomic E-state index is -0.704. The molecule has 2 aromatic heterocycles. The van der Waals surface area contributed by atoms with E-state index >= 15 is 0 Å². The molecule has 0 unspecified atom stereocenters. The number of carbonyl (C=O) groups excluding carboxylic acids is 2. The lowest BCUT2D eigenvalue weighted by atomic mass is 10.0. The van der Waals surface area contributed by atoms with Gasteiger partial charge in [-0.25, -0.2) is 4.39 Å². The molecule has 2 amide bonds. The Morgan fingerprint density at radius 3 is 2.81 bits per heavy atom. The maximum absolute atomic E-state index is 14.0. The fourth-order valence-electron chi connectivity index (χ4n) is 2.62. The first-order valence-corrected chi connectivity index (χ1v) is 8.32. The number of rotatable bonds is 6. The highest BCUT2D eigenvalue weighted by molar-refractivity contribution is 6.30. The molecule has 0 aliphatic heterocycles. The van der Waals surface area contributed by atoms with Gasteiger partial charge in [-0.2, -0.15) is 5.10 Å². The number of carbonyl (C=O) groups is 2. The predicted molar refractivity (Wildman–Crippen MR) is 97.2 cm³/mol. The predicted octanol–water partition coefficient (Wildman–Crippen LogP) is 2.61. The van der Waals surface area contributed by atoms with Crippen molar-refractivity contribution in [1.82, 2.24) is 20.5 Å². The van der Waals surface area contributed by atoms with Gasteiger partial charge in [0.2, 0.25) is 5.91 Å². The van der Waals surface area contributed by atoms with E-state index in [0.29, 0.717) is 10.6 Å². The summed E-state index contributed by atoms with van der Waals surface area (Å²) >= 11 is 5.99. The molecule has 1 aromatic carbocycles. The van der Waals surface area contributed by atoms with Gasteiger partial charge in [-0.1, -0.05) is 23.7 Å². The average Bonchev–Trinajstić information content (AvgIpc) is 3.11.